The second-order valence-electron chi connectivity index (χ2n) is 6.15. The van der Waals surface area contributed by atoms with Gasteiger partial charge in [-0.05, 0) is 49.3 Å². The Morgan fingerprint density at radius 2 is 1.80 bits per heavy atom. The monoisotopic (exact) mass is 275 g/mol. The fourth-order valence-electron chi connectivity index (χ4n) is 3.68. The van der Waals surface area contributed by atoms with E-state index in [-0.39, 0.29) is 11.9 Å². The first-order chi connectivity index (χ1) is 9.74. The van der Waals surface area contributed by atoms with Crippen LogP contribution in [0.5, 0.6) is 0 Å². The van der Waals surface area contributed by atoms with E-state index in [1.807, 2.05) is 17.0 Å². The molecule has 1 aromatic carbocycles. The van der Waals surface area contributed by atoms with E-state index in [1.165, 1.54) is 37.8 Å². The van der Waals surface area contributed by atoms with Crippen molar-refractivity contribution < 1.29 is 9.18 Å². The molecule has 2 aliphatic rings. The second kappa shape index (κ2) is 5.94. The maximum Gasteiger partial charge on any atom is 0.223 e. The Balaban J connectivity index is 1.68. The van der Waals surface area contributed by atoms with Crippen LogP contribution in [0.25, 0.3) is 0 Å². The van der Waals surface area contributed by atoms with Gasteiger partial charge in [0.25, 0.3) is 0 Å². The van der Waals surface area contributed by atoms with E-state index in [9.17, 15) is 9.18 Å². The summed E-state index contributed by atoms with van der Waals surface area (Å²) < 4.78 is 13.0. The van der Waals surface area contributed by atoms with Crippen molar-refractivity contribution in [2.75, 3.05) is 6.54 Å². The van der Waals surface area contributed by atoms with Gasteiger partial charge < -0.3 is 4.90 Å². The van der Waals surface area contributed by atoms with Gasteiger partial charge in [-0.3, -0.25) is 4.79 Å². The molecule has 0 radical (unpaired) electrons. The lowest BCUT2D eigenvalue weighted by atomic mass is 10.0. The quantitative estimate of drug-likeness (QED) is 0.814. The van der Waals surface area contributed by atoms with Crippen LogP contribution in [-0.4, -0.2) is 17.4 Å². The fraction of sp³-hybridized carbons (Fsp3) is 0.588. The minimum Gasteiger partial charge on any atom is -0.336 e. The summed E-state index contributed by atoms with van der Waals surface area (Å²) in [4.78, 5) is 14.5. The number of rotatable bonds is 3. The summed E-state index contributed by atoms with van der Waals surface area (Å²) in [6.07, 6.45) is 7.73. The van der Waals surface area contributed by atoms with Crippen LogP contribution in [0.4, 0.5) is 4.39 Å². The van der Waals surface area contributed by atoms with E-state index in [2.05, 4.69) is 0 Å². The zero-order valence-electron chi connectivity index (χ0n) is 11.9. The molecule has 3 heteroatoms. The van der Waals surface area contributed by atoms with Crippen LogP contribution in [-0.2, 0) is 4.79 Å². The number of carbonyl (C=O) groups is 1. The molecule has 108 valence electrons. The lowest BCUT2D eigenvalue weighted by Gasteiger charge is -2.26. The Morgan fingerprint density at radius 3 is 2.50 bits per heavy atom. The maximum absolute atomic E-state index is 13.0. The lowest BCUT2D eigenvalue weighted by Crippen LogP contribution is -2.31. The molecule has 1 unspecified atom stereocenters. The molecule has 0 aromatic heterocycles. The van der Waals surface area contributed by atoms with Gasteiger partial charge in [0.2, 0.25) is 5.91 Å². The van der Waals surface area contributed by atoms with Crippen molar-refractivity contribution in [2.24, 2.45) is 5.92 Å². The van der Waals surface area contributed by atoms with E-state index in [0.717, 1.165) is 24.9 Å². The fourth-order valence-corrected chi connectivity index (χ4v) is 3.68. The standard InChI is InChI=1S/C17H22FNO/c18-15-9-7-14(8-10-15)16-6-3-11-19(16)17(20)12-13-4-1-2-5-13/h7-10,13,16H,1-6,11-12H2. The van der Waals surface area contributed by atoms with Gasteiger partial charge in [0.05, 0.1) is 6.04 Å². The molecule has 2 nitrogen and oxygen atoms in total. The van der Waals surface area contributed by atoms with Gasteiger partial charge in [0.15, 0.2) is 0 Å². The molecule has 1 saturated heterocycles. The summed E-state index contributed by atoms with van der Waals surface area (Å²) in [5.41, 5.74) is 1.07. The molecule has 1 heterocycles. The number of nitrogens with zero attached hydrogens (tertiary/aromatic N) is 1. The number of benzene rings is 1. The first kappa shape index (κ1) is 13.6. The lowest BCUT2D eigenvalue weighted by molar-refractivity contribution is -0.133. The Morgan fingerprint density at radius 1 is 1.10 bits per heavy atom. The molecular weight excluding hydrogens is 253 g/mol. The van der Waals surface area contributed by atoms with Gasteiger partial charge in [-0.2, -0.15) is 0 Å². The van der Waals surface area contributed by atoms with Crippen LogP contribution in [0.1, 0.15) is 56.6 Å². The number of hydrogen-bond acceptors (Lipinski definition) is 1. The summed E-state index contributed by atoms with van der Waals surface area (Å²) in [6, 6.07) is 6.78. The van der Waals surface area contributed by atoms with Gasteiger partial charge in [0.1, 0.15) is 5.82 Å². The molecule has 1 atom stereocenters. The Bertz CT molecular complexity index is 464. The van der Waals surface area contributed by atoms with Crippen LogP contribution in [0, 0.1) is 11.7 Å². The van der Waals surface area contributed by atoms with Crippen molar-refractivity contribution in [2.45, 2.75) is 51.0 Å². The topological polar surface area (TPSA) is 20.3 Å². The van der Waals surface area contributed by atoms with Gasteiger partial charge in [-0.1, -0.05) is 25.0 Å². The predicted molar refractivity (Wildman–Crippen MR) is 76.7 cm³/mol. The summed E-state index contributed by atoms with van der Waals surface area (Å²) in [6.45, 7) is 0.855. The molecule has 0 N–H and O–H groups in total. The highest BCUT2D eigenvalue weighted by molar-refractivity contribution is 5.77. The second-order valence-corrected chi connectivity index (χ2v) is 6.15. The molecule has 1 aromatic rings. The van der Waals surface area contributed by atoms with Crippen LogP contribution >= 0.6 is 0 Å². The first-order valence-electron chi connectivity index (χ1n) is 7.79. The average molecular weight is 275 g/mol. The third kappa shape index (κ3) is 2.87. The molecule has 0 bridgehead atoms. The van der Waals surface area contributed by atoms with Crippen molar-refractivity contribution in [1.29, 1.82) is 0 Å². The molecule has 1 aliphatic carbocycles. The Labute approximate surface area is 120 Å². The van der Waals surface area contributed by atoms with E-state index in [0.29, 0.717) is 18.2 Å². The van der Waals surface area contributed by atoms with Crippen LogP contribution < -0.4 is 0 Å². The Hall–Kier alpha value is -1.38. The summed E-state index contributed by atoms with van der Waals surface area (Å²) in [7, 11) is 0. The zero-order valence-corrected chi connectivity index (χ0v) is 11.9. The van der Waals surface area contributed by atoms with Crippen molar-refractivity contribution in [1.82, 2.24) is 4.90 Å². The van der Waals surface area contributed by atoms with Gasteiger partial charge >= 0.3 is 0 Å². The highest BCUT2D eigenvalue weighted by Gasteiger charge is 2.31. The molecule has 20 heavy (non-hydrogen) atoms. The van der Waals surface area contributed by atoms with Crippen molar-refractivity contribution in [3.63, 3.8) is 0 Å². The highest BCUT2D eigenvalue weighted by Crippen LogP contribution is 2.35. The van der Waals surface area contributed by atoms with Crippen molar-refractivity contribution >= 4 is 5.91 Å². The third-order valence-electron chi connectivity index (χ3n) is 4.77. The van der Waals surface area contributed by atoms with Crippen LogP contribution in [0.3, 0.4) is 0 Å². The number of halogens is 1. The number of likely N-dealkylation sites (tertiary alicyclic amines) is 1. The van der Waals surface area contributed by atoms with Gasteiger partial charge in [0, 0.05) is 13.0 Å². The van der Waals surface area contributed by atoms with E-state index in [1.54, 1.807) is 0 Å². The van der Waals surface area contributed by atoms with E-state index >= 15 is 0 Å². The average Bonchev–Trinajstić information content (AvgIpc) is 3.10. The maximum atomic E-state index is 13.0. The first-order valence-corrected chi connectivity index (χ1v) is 7.79. The summed E-state index contributed by atoms with van der Waals surface area (Å²) in [5, 5.41) is 0. The normalized spacial score (nSPS) is 23.4. The zero-order chi connectivity index (χ0) is 13.9. The molecule has 0 spiro atoms. The third-order valence-corrected chi connectivity index (χ3v) is 4.77. The number of amides is 1. The minimum atomic E-state index is -0.212. The largest absolute Gasteiger partial charge is 0.336 e. The van der Waals surface area contributed by atoms with E-state index in [4.69, 9.17) is 0 Å². The van der Waals surface area contributed by atoms with Crippen LogP contribution in [0.2, 0.25) is 0 Å². The van der Waals surface area contributed by atoms with Crippen molar-refractivity contribution in [3.05, 3.63) is 35.6 Å². The SMILES string of the molecule is O=C(CC1CCCC1)N1CCCC1c1ccc(F)cc1. The predicted octanol–water partition coefficient (Wildman–Crippen LogP) is 4.07. The van der Waals surface area contributed by atoms with Gasteiger partial charge in [-0.25, -0.2) is 4.39 Å². The van der Waals surface area contributed by atoms with Crippen LogP contribution in [0.15, 0.2) is 24.3 Å². The summed E-state index contributed by atoms with van der Waals surface area (Å²) in [5.74, 6) is 0.677. The van der Waals surface area contributed by atoms with Gasteiger partial charge in [-0.15, -0.1) is 0 Å². The number of carbonyl (C=O) groups excluding carboxylic acids is 1. The molecule has 1 amide bonds. The molecular formula is C17H22FNO. The smallest absolute Gasteiger partial charge is 0.223 e. The molecule has 1 aliphatic heterocycles. The highest BCUT2D eigenvalue weighted by atomic mass is 19.1. The molecule has 2 fully saturated rings. The summed E-state index contributed by atoms with van der Waals surface area (Å²) >= 11 is 0. The number of hydrogen-bond donors (Lipinski definition) is 0. The van der Waals surface area contributed by atoms with E-state index < -0.39 is 0 Å². The molecule has 1 saturated carbocycles. The Kier molecular flexibility index (Phi) is 4.04. The van der Waals surface area contributed by atoms with Crippen molar-refractivity contribution in [3.8, 4) is 0 Å². The minimum absolute atomic E-state index is 0.157. The molecule has 3 rings (SSSR count).